The van der Waals surface area contributed by atoms with Gasteiger partial charge in [0.05, 0.1) is 19.1 Å². The summed E-state index contributed by atoms with van der Waals surface area (Å²) >= 11 is 0. The zero-order valence-electron chi connectivity index (χ0n) is 20.9. The molecule has 0 aromatic heterocycles. The predicted molar refractivity (Wildman–Crippen MR) is 125 cm³/mol. The van der Waals surface area contributed by atoms with Gasteiger partial charge in [0, 0.05) is 25.4 Å². The van der Waals surface area contributed by atoms with E-state index in [9.17, 15) is 14.7 Å². The number of ether oxygens (including phenoxy) is 2. The second-order valence-corrected chi connectivity index (χ2v) is 11.1. The summed E-state index contributed by atoms with van der Waals surface area (Å²) in [6.45, 7) is 8.54. The maximum absolute atomic E-state index is 12.7. The number of hydrogen-bond donors (Lipinski definition) is 1. The van der Waals surface area contributed by atoms with Gasteiger partial charge in [-0.15, -0.1) is 0 Å². The summed E-state index contributed by atoms with van der Waals surface area (Å²) < 4.78 is 10.6. The summed E-state index contributed by atoms with van der Waals surface area (Å²) in [6.07, 6.45) is 12.5. The molecule has 1 N–H and O–H groups in total. The van der Waals surface area contributed by atoms with E-state index >= 15 is 0 Å². The number of rotatable bonds is 5. The van der Waals surface area contributed by atoms with Crippen LogP contribution in [0.5, 0.6) is 0 Å². The molecule has 184 valence electrons. The van der Waals surface area contributed by atoms with Crippen molar-refractivity contribution in [1.82, 2.24) is 4.90 Å². The van der Waals surface area contributed by atoms with Crippen LogP contribution in [0.15, 0.2) is 11.6 Å². The molecule has 0 amide bonds. The molecule has 33 heavy (non-hydrogen) atoms. The molecular weight excluding hydrogens is 418 g/mol. The molecule has 0 aromatic rings. The van der Waals surface area contributed by atoms with E-state index in [1.165, 1.54) is 33.3 Å². The molecular formula is C27H41NO5. The Morgan fingerprint density at radius 2 is 2.00 bits per heavy atom. The number of methoxy groups -OCH3 is 1. The zero-order valence-corrected chi connectivity index (χ0v) is 20.9. The third-order valence-electron chi connectivity index (χ3n) is 9.08. The van der Waals surface area contributed by atoms with Crippen molar-refractivity contribution in [2.75, 3.05) is 13.7 Å². The van der Waals surface area contributed by atoms with Crippen LogP contribution >= 0.6 is 0 Å². The van der Waals surface area contributed by atoms with Gasteiger partial charge < -0.3 is 14.6 Å². The minimum absolute atomic E-state index is 0.0469. The Hall–Kier alpha value is -1.40. The molecule has 4 aliphatic rings. The van der Waals surface area contributed by atoms with Crippen LogP contribution in [0, 0.1) is 36.0 Å². The standard InChI is InChI=1S/C27H41NO5/c1-16-12-22-21(11-10-18(3)27(22,31)14-25(16)33-19(4)29)17(2)15-28-23-9-7-6-8-20(23)13-24(28)26(30)32-5/h12,17-18,20-25,31H,6-11,13,15H2,1-5H3/t17-,18-,20?,21+,22-,23?,24?,25-,27-/m1/s1. The molecule has 4 rings (SSSR count). The Labute approximate surface area is 199 Å². The average molecular weight is 460 g/mol. The first-order valence-corrected chi connectivity index (χ1v) is 12.8. The van der Waals surface area contributed by atoms with Crippen molar-refractivity contribution in [2.24, 2.45) is 29.6 Å². The summed E-state index contributed by atoms with van der Waals surface area (Å²) in [5.74, 6) is 0.674. The van der Waals surface area contributed by atoms with Crippen molar-refractivity contribution >= 4 is 11.9 Å². The van der Waals surface area contributed by atoms with Gasteiger partial charge in [-0.2, -0.15) is 0 Å². The maximum atomic E-state index is 12.7. The van der Waals surface area contributed by atoms with Gasteiger partial charge in [-0.25, -0.2) is 0 Å². The van der Waals surface area contributed by atoms with Crippen molar-refractivity contribution in [3.63, 3.8) is 0 Å². The van der Waals surface area contributed by atoms with E-state index in [2.05, 4.69) is 31.2 Å². The summed E-state index contributed by atoms with van der Waals surface area (Å²) in [5.41, 5.74) is -0.177. The number of fused-ring (bicyclic) bond motifs is 2. The number of esters is 2. The Morgan fingerprint density at radius 3 is 2.70 bits per heavy atom. The first-order valence-electron chi connectivity index (χ1n) is 12.8. The summed E-state index contributed by atoms with van der Waals surface area (Å²) in [4.78, 5) is 26.7. The van der Waals surface area contributed by atoms with Gasteiger partial charge in [0.15, 0.2) is 0 Å². The van der Waals surface area contributed by atoms with Crippen molar-refractivity contribution in [1.29, 1.82) is 0 Å². The Balaban J connectivity index is 1.56. The largest absolute Gasteiger partial charge is 0.468 e. The SMILES string of the molecule is COC(=O)C1CC2CCCCC2N1C[C@@H](C)[C@@H]1CC[C@@H](C)[C@]2(O)[C][C@@H](OC(C)=O)C(C)=C[C@H]12. The Kier molecular flexibility index (Phi) is 7.26. The fraction of sp³-hybridized carbons (Fsp3) is 0.815. The second-order valence-electron chi connectivity index (χ2n) is 11.1. The normalized spacial score (nSPS) is 42.0. The van der Waals surface area contributed by atoms with E-state index in [1.807, 2.05) is 6.92 Å². The highest BCUT2D eigenvalue weighted by molar-refractivity contribution is 5.76. The summed E-state index contributed by atoms with van der Waals surface area (Å²) in [7, 11) is 1.50. The average Bonchev–Trinajstić information content (AvgIpc) is 3.13. The molecule has 9 atom stereocenters. The molecule has 1 heterocycles. The van der Waals surface area contributed by atoms with E-state index in [-0.39, 0.29) is 35.7 Å². The smallest absolute Gasteiger partial charge is 0.323 e. The molecule has 0 aromatic carbocycles. The molecule has 3 aliphatic carbocycles. The topological polar surface area (TPSA) is 76.1 Å². The maximum Gasteiger partial charge on any atom is 0.323 e. The minimum Gasteiger partial charge on any atom is -0.468 e. The van der Waals surface area contributed by atoms with Crippen LogP contribution in [-0.4, -0.2) is 59.4 Å². The monoisotopic (exact) mass is 459 g/mol. The molecule has 6 heteroatoms. The quantitative estimate of drug-likeness (QED) is 0.498. The number of likely N-dealkylation sites (tertiary alicyclic amines) is 1. The van der Waals surface area contributed by atoms with Crippen LogP contribution in [0.3, 0.4) is 0 Å². The molecule has 2 radical (unpaired) electrons. The fourth-order valence-electron chi connectivity index (χ4n) is 7.26. The van der Waals surface area contributed by atoms with Crippen LogP contribution in [0.25, 0.3) is 0 Å². The van der Waals surface area contributed by atoms with Gasteiger partial charge in [-0.05, 0) is 68.3 Å². The molecule has 3 unspecified atom stereocenters. The van der Waals surface area contributed by atoms with Crippen molar-refractivity contribution in [3.05, 3.63) is 18.1 Å². The number of aliphatic hydroxyl groups is 1. The third-order valence-corrected chi connectivity index (χ3v) is 9.08. The van der Waals surface area contributed by atoms with Crippen LogP contribution in [0.4, 0.5) is 0 Å². The highest BCUT2D eigenvalue weighted by Crippen LogP contribution is 2.51. The van der Waals surface area contributed by atoms with Crippen molar-refractivity contribution < 1.29 is 24.2 Å². The lowest BCUT2D eigenvalue weighted by atomic mass is 9.57. The molecule has 1 aliphatic heterocycles. The third kappa shape index (κ3) is 4.62. The molecule has 1 saturated heterocycles. The summed E-state index contributed by atoms with van der Waals surface area (Å²) in [5, 5.41) is 11.8. The van der Waals surface area contributed by atoms with Gasteiger partial charge in [-0.3, -0.25) is 14.5 Å². The molecule has 0 bridgehead atoms. The molecule has 0 spiro atoms. The van der Waals surface area contributed by atoms with Crippen molar-refractivity contribution in [2.45, 2.75) is 96.4 Å². The highest BCUT2D eigenvalue weighted by Gasteiger charge is 2.54. The lowest BCUT2D eigenvalue weighted by Crippen LogP contribution is -2.57. The van der Waals surface area contributed by atoms with E-state index in [4.69, 9.17) is 9.47 Å². The lowest BCUT2D eigenvalue weighted by Gasteiger charge is -2.53. The number of hydrogen-bond acceptors (Lipinski definition) is 6. The van der Waals surface area contributed by atoms with Crippen LogP contribution in [0.1, 0.15) is 72.6 Å². The molecule has 2 saturated carbocycles. The first kappa shape index (κ1) is 24.7. The Bertz CT molecular complexity index is 780. The van der Waals surface area contributed by atoms with Gasteiger partial charge in [-0.1, -0.05) is 32.8 Å². The highest BCUT2D eigenvalue weighted by atomic mass is 16.5. The van der Waals surface area contributed by atoms with Gasteiger partial charge in [0.1, 0.15) is 12.1 Å². The van der Waals surface area contributed by atoms with E-state index in [1.54, 1.807) is 0 Å². The number of nitrogens with zero attached hydrogens (tertiary/aromatic N) is 1. The van der Waals surface area contributed by atoms with E-state index in [0.717, 1.165) is 37.8 Å². The van der Waals surface area contributed by atoms with Crippen LogP contribution < -0.4 is 0 Å². The fourth-order valence-corrected chi connectivity index (χ4v) is 7.26. The van der Waals surface area contributed by atoms with Crippen LogP contribution in [0.2, 0.25) is 0 Å². The van der Waals surface area contributed by atoms with Gasteiger partial charge in [0.25, 0.3) is 0 Å². The van der Waals surface area contributed by atoms with Gasteiger partial charge in [0.2, 0.25) is 0 Å². The van der Waals surface area contributed by atoms with E-state index < -0.39 is 11.7 Å². The first-order chi connectivity index (χ1) is 15.7. The molecule has 3 fully saturated rings. The molecule has 6 nitrogen and oxygen atoms in total. The van der Waals surface area contributed by atoms with E-state index in [0.29, 0.717) is 17.9 Å². The summed E-state index contributed by atoms with van der Waals surface area (Å²) in [6, 6.07) is 0.309. The Morgan fingerprint density at radius 1 is 1.27 bits per heavy atom. The number of carbonyl (C=O) groups excluding carboxylic acids is 2. The minimum atomic E-state index is -1.11. The lowest BCUT2D eigenvalue weighted by molar-refractivity contribution is -0.150. The number of carbonyl (C=O) groups is 2. The van der Waals surface area contributed by atoms with Gasteiger partial charge >= 0.3 is 11.9 Å². The second kappa shape index (κ2) is 9.69. The van der Waals surface area contributed by atoms with Crippen LogP contribution in [-0.2, 0) is 19.1 Å². The van der Waals surface area contributed by atoms with Crippen molar-refractivity contribution in [3.8, 4) is 0 Å². The predicted octanol–water partition coefficient (Wildman–Crippen LogP) is 3.79. The zero-order chi connectivity index (χ0) is 23.9.